The molecule has 0 N–H and O–H groups in total. The van der Waals surface area contributed by atoms with Crippen molar-refractivity contribution in [1.82, 2.24) is 0 Å². The maximum absolute atomic E-state index is 2.32. The van der Waals surface area contributed by atoms with Crippen LogP contribution in [0.5, 0.6) is 0 Å². The van der Waals surface area contributed by atoms with Gasteiger partial charge in [0, 0.05) is 0 Å². The molecule has 0 fully saturated rings. The molecule has 0 spiro atoms. The first-order valence-electron chi connectivity index (χ1n) is 0.949. The molecule has 0 saturated carbocycles. The summed E-state index contributed by atoms with van der Waals surface area (Å²) in [6.07, 6.45) is 0. The summed E-state index contributed by atoms with van der Waals surface area (Å²) in [5, 5.41) is 6.97. The average Bonchev–Trinajstić information content (AvgIpc) is 0.811. The molecule has 0 amide bonds. The zero-order valence-corrected chi connectivity index (χ0v) is 5.59. The Morgan fingerprint density at radius 2 is 1.25 bits per heavy atom. The van der Waals surface area contributed by atoms with Crippen LogP contribution in [-0.2, 0) is 17.3 Å². The van der Waals surface area contributed by atoms with Crippen LogP contribution < -0.4 is 0 Å². The normalized spacial score (nSPS) is 11.2. The molecule has 0 aliphatic carbocycles. The van der Waals surface area contributed by atoms with Gasteiger partial charge in [0.25, 0.3) is 0 Å². The number of hydrogen-bond acceptors (Lipinski definition) is 0. The second-order valence-electron chi connectivity index (χ2n) is 0.949. The van der Waals surface area contributed by atoms with Gasteiger partial charge in [-0.15, -0.1) is 0 Å². The minimum absolute atomic E-state index is 0. The van der Waals surface area contributed by atoms with Crippen molar-refractivity contribution >= 4 is 0 Å². The van der Waals surface area contributed by atoms with Crippen LogP contribution in [0.15, 0.2) is 0 Å². The van der Waals surface area contributed by atoms with Gasteiger partial charge in [-0.1, -0.05) is 0 Å². The van der Waals surface area contributed by atoms with E-state index in [9.17, 15) is 0 Å². The monoisotopic (exact) mass is 241 g/mol. The summed E-state index contributed by atoms with van der Waals surface area (Å²) >= 11 is -0.269. The molecular weight excluding hydrogens is 231 g/mol. The molecule has 0 aromatic heterocycles. The first-order chi connectivity index (χ1) is 1.73. The van der Waals surface area contributed by atoms with Crippen LogP contribution in [0.1, 0.15) is 1.43 Å². The second-order valence-corrected chi connectivity index (χ2v) is 7.77. The van der Waals surface area contributed by atoms with E-state index in [4.69, 9.17) is 0 Å². The van der Waals surface area contributed by atoms with Crippen molar-refractivity contribution in [1.29, 1.82) is 0 Å². The Kier molecular flexibility index (Phi) is 2.30. The fraction of sp³-hybridized carbons (Fsp3) is 1.00. The van der Waals surface area contributed by atoms with Crippen LogP contribution in [0.3, 0.4) is 0 Å². The van der Waals surface area contributed by atoms with E-state index in [1.165, 1.54) is 0 Å². The molecule has 0 unspecified atom stereocenters. The third-order valence-corrected chi connectivity index (χ3v) is 0. The van der Waals surface area contributed by atoms with Crippen LogP contribution in [0.4, 0.5) is 0 Å². The Bertz CT molecular complexity index is 11.6. The largest absolute Gasteiger partial charge is 1.00 e. The van der Waals surface area contributed by atoms with E-state index in [-0.39, 0.29) is 18.7 Å². The van der Waals surface area contributed by atoms with E-state index in [0.29, 0.717) is 0 Å². The Balaban J connectivity index is 0. The first kappa shape index (κ1) is 4.69. The third kappa shape index (κ3) is 16.2. The predicted molar refractivity (Wildman–Crippen MR) is 18.7 cm³/mol. The van der Waals surface area contributed by atoms with Gasteiger partial charge in [0.2, 0.25) is 0 Å². The molecule has 4 heavy (non-hydrogen) atoms. The minimum atomic E-state index is -0.269. The van der Waals surface area contributed by atoms with Gasteiger partial charge >= 0.3 is 33.3 Å². The standard InChI is InChI=1S/3CH3.Pt.H/h3*1H3;;/q;;;;-1. The van der Waals surface area contributed by atoms with Crippen molar-refractivity contribution in [3.63, 3.8) is 0 Å². The van der Waals surface area contributed by atoms with E-state index in [2.05, 4.69) is 15.9 Å². The summed E-state index contributed by atoms with van der Waals surface area (Å²) < 4.78 is 0. The summed E-state index contributed by atoms with van der Waals surface area (Å²) in [6.45, 7) is 0. The topological polar surface area (TPSA) is 0 Å². The van der Waals surface area contributed by atoms with Gasteiger partial charge < -0.3 is 1.43 Å². The first-order valence-corrected chi connectivity index (χ1v) is 7.77. The summed E-state index contributed by atoms with van der Waals surface area (Å²) in [7, 11) is 0. The molecule has 0 aliphatic rings. The number of hydrogen-bond donors (Lipinski definition) is 0. The maximum Gasteiger partial charge on any atom is -1.00 e. The van der Waals surface area contributed by atoms with E-state index in [0.717, 1.165) is 0 Å². The van der Waals surface area contributed by atoms with Gasteiger partial charge in [-0.25, -0.2) is 0 Å². The SMILES string of the molecule is [CH3][Pt]([CH3])[CH3].[H-]. The summed E-state index contributed by atoms with van der Waals surface area (Å²) in [5.74, 6) is 0. The van der Waals surface area contributed by atoms with E-state index in [1.807, 2.05) is 0 Å². The molecule has 0 aliphatic heterocycles. The Morgan fingerprint density at radius 1 is 1.25 bits per heavy atom. The molecule has 1 heteroatoms. The van der Waals surface area contributed by atoms with Gasteiger partial charge in [0.05, 0.1) is 0 Å². The van der Waals surface area contributed by atoms with Crippen LogP contribution >= 0.6 is 0 Å². The molecular formula is C3H10Pt-. The van der Waals surface area contributed by atoms with Crippen LogP contribution in [-0.4, -0.2) is 0 Å². The summed E-state index contributed by atoms with van der Waals surface area (Å²) in [6, 6.07) is 0. The second kappa shape index (κ2) is 1.96. The predicted octanol–water partition coefficient (Wildman–Crippen LogP) is 1.86. The van der Waals surface area contributed by atoms with Crippen molar-refractivity contribution in [3.05, 3.63) is 0 Å². The van der Waals surface area contributed by atoms with Crippen molar-refractivity contribution in [3.8, 4) is 0 Å². The minimum Gasteiger partial charge on any atom is -1.00 e. The van der Waals surface area contributed by atoms with Gasteiger partial charge in [-0.3, -0.25) is 0 Å². The van der Waals surface area contributed by atoms with Gasteiger partial charge in [-0.2, -0.15) is 0 Å². The van der Waals surface area contributed by atoms with Crippen molar-refractivity contribution in [2.24, 2.45) is 0 Å². The average molecular weight is 241 g/mol. The van der Waals surface area contributed by atoms with Gasteiger partial charge in [-0.05, 0) is 0 Å². The molecule has 0 bridgehead atoms. The maximum atomic E-state index is 2.32. The molecule has 0 nitrogen and oxygen atoms in total. The van der Waals surface area contributed by atoms with Crippen LogP contribution in [0.25, 0.3) is 0 Å². The van der Waals surface area contributed by atoms with Crippen LogP contribution in [0, 0.1) is 0 Å². The third-order valence-electron chi connectivity index (χ3n) is 0. The van der Waals surface area contributed by atoms with Crippen molar-refractivity contribution in [2.45, 2.75) is 15.9 Å². The van der Waals surface area contributed by atoms with Crippen molar-refractivity contribution < 1.29 is 18.7 Å². The van der Waals surface area contributed by atoms with Gasteiger partial charge in [0.1, 0.15) is 0 Å². The zero-order chi connectivity index (χ0) is 3.58. The molecule has 0 aromatic rings. The molecule has 0 heterocycles. The molecule has 33 valence electrons. The summed E-state index contributed by atoms with van der Waals surface area (Å²) in [4.78, 5) is 0. The van der Waals surface area contributed by atoms with Crippen LogP contribution in [0.2, 0.25) is 15.9 Å². The fourth-order valence-corrected chi connectivity index (χ4v) is 0. The van der Waals surface area contributed by atoms with Crippen molar-refractivity contribution in [2.75, 3.05) is 0 Å². The quantitative estimate of drug-likeness (QED) is 0.607. The van der Waals surface area contributed by atoms with E-state index >= 15 is 0 Å². The zero-order valence-electron chi connectivity index (χ0n) is 4.32. The van der Waals surface area contributed by atoms with E-state index < -0.39 is 0 Å². The van der Waals surface area contributed by atoms with E-state index in [1.54, 1.807) is 0 Å². The molecule has 0 rings (SSSR count). The Morgan fingerprint density at radius 3 is 1.25 bits per heavy atom. The molecule has 0 saturated heterocycles. The Hall–Kier alpha value is 0.688. The fourth-order valence-electron chi connectivity index (χ4n) is 0. The molecule has 0 atom stereocenters. The summed E-state index contributed by atoms with van der Waals surface area (Å²) in [5.41, 5.74) is 0. The van der Waals surface area contributed by atoms with Gasteiger partial charge in [0.15, 0.2) is 0 Å². The molecule has 0 radical (unpaired) electrons. The Labute approximate surface area is 35.3 Å². The number of rotatable bonds is 0. The smallest absolute Gasteiger partial charge is 1.00 e. The molecule has 0 aromatic carbocycles.